The van der Waals surface area contributed by atoms with Gasteiger partial charge in [-0.15, -0.1) is 0 Å². The van der Waals surface area contributed by atoms with Crippen molar-refractivity contribution >= 4 is 17.5 Å². The van der Waals surface area contributed by atoms with Crippen LogP contribution in [0.1, 0.15) is 17.4 Å². The molecule has 1 saturated heterocycles. The van der Waals surface area contributed by atoms with Gasteiger partial charge in [0, 0.05) is 51.7 Å². The van der Waals surface area contributed by atoms with Crippen LogP contribution in [0.15, 0.2) is 71.6 Å². The summed E-state index contributed by atoms with van der Waals surface area (Å²) < 4.78 is 19.8. The number of rotatable bonds is 7. The Hall–Kier alpha value is -3.72. The molecule has 1 aliphatic heterocycles. The monoisotopic (exact) mass is 451 g/mol. The molecule has 0 unspecified atom stereocenters. The summed E-state index contributed by atoms with van der Waals surface area (Å²) in [5, 5.41) is 5.33. The number of aromatic nitrogens is 1. The third-order valence-electron chi connectivity index (χ3n) is 5.68. The molecule has 172 valence electrons. The first-order valence-electron chi connectivity index (χ1n) is 10.8. The molecule has 0 bridgehead atoms. The predicted octanol–water partition coefficient (Wildman–Crippen LogP) is 2.11. The molecule has 9 heteroatoms. The highest BCUT2D eigenvalue weighted by molar-refractivity contribution is 6.35. The third-order valence-corrected chi connectivity index (χ3v) is 5.68. The Morgan fingerprint density at radius 3 is 2.39 bits per heavy atom. The number of anilines is 1. The first-order chi connectivity index (χ1) is 16.1. The van der Waals surface area contributed by atoms with Crippen molar-refractivity contribution in [3.8, 4) is 0 Å². The van der Waals surface area contributed by atoms with E-state index < -0.39 is 11.8 Å². The number of carbonyl (C=O) groups excluding carboxylic acids is 2. The highest BCUT2D eigenvalue weighted by Gasteiger charge is 2.28. The minimum Gasteiger partial charge on any atom is -0.468 e. The van der Waals surface area contributed by atoms with Gasteiger partial charge in [-0.2, -0.15) is 0 Å². The summed E-state index contributed by atoms with van der Waals surface area (Å²) in [6.07, 6.45) is 4.84. The lowest BCUT2D eigenvalue weighted by atomic mass is 10.1. The lowest BCUT2D eigenvalue weighted by molar-refractivity contribution is -0.139. The summed E-state index contributed by atoms with van der Waals surface area (Å²) in [7, 11) is 0. The average molecular weight is 452 g/mol. The predicted molar refractivity (Wildman–Crippen MR) is 121 cm³/mol. The van der Waals surface area contributed by atoms with Crippen LogP contribution in [-0.4, -0.2) is 54.4 Å². The van der Waals surface area contributed by atoms with Crippen LogP contribution in [0.25, 0.3) is 0 Å². The largest absolute Gasteiger partial charge is 0.468 e. The van der Waals surface area contributed by atoms with Crippen LogP contribution in [0.4, 0.5) is 10.1 Å². The van der Waals surface area contributed by atoms with Gasteiger partial charge in [-0.3, -0.25) is 19.5 Å². The van der Waals surface area contributed by atoms with Crippen LogP contribution < -0.4 is 15.5 Å². The van der Waals surface area contributed by atoms with Crippen LogP contribution in [-0.2, 0) is 16.1 Å². The van der Waals surface area contributed by atoms with E-state index in [1.807, 2.05) is 17.0 Å². The van der Waals surface area contributed by atoms with Gasteiger partial charge in [0.15, 0.2) is 0 Å². The van der Waals surface area contributed by atoms with Gasteiger partial charge in [-0.25, -0.2) is 4.39 Å². The summed E-state index contributed by atoms with van der Waals surface area (Å²) >= 11 is 0. The molecule has 4 rings (SSSR count). The maximum atomic E-state index is 14.2. The molecule has 0 saturated carbocycles. The standard InChI is InChI=1S/C24H26FN5O3/c25-19-4-1-2-5-20(19)29-11-13-30(14-12-29)21(22-6-3-15-33-22)17-28-24(32)23(31)27-16-18-7-9-26-10-8-18/h1-10,15,21H,11-14,16-17H2,(H,27,31)(H,28,32)/t21-/m1/s1. The molecule has 3 heterocycles. The highest BCUT2D eigenvalue weighted by atomic mass is 19.1. The maximum Gasteiger partial charge on any atom is 0.309 e. The van der Waals surface area contributed by atoms with E-state index in [0.717, 1.165) is 5.56 Å². The van der Waals surface area contributed by atoms with E-state index in [1.165, 1.54) is 6.07 Å². The average Bonchev–Trinajstić information content (AvgIpc) is 3.39. The third kappa shape index (κ3) is 5.75. The lowest BCUT2D eigenvalue weighted by Gasteiger charge is -2.39. The van der Waals surface area contributed by atoms with Crippen LogP contribution in [0.2, 0.25) is 0 Å². The number of nitrogens with zero attached hydrogens (tertiary/aromatic N) is 3. The number of pyridine rings is 1. The van der Waals surface area contributed by atoms with E-state index in [4.69, 9.17) is 4.42 Å². The number of piperazine rings is 1. The van der Waals surface area contributed by atoms with E-state index in [2.05, 4.69) is 20.5 Å². The van der Waals surface area contributed by atoms with Crippen molar-refractivity contribution in [2.45, 2.75) is 12.6 Å². The lowest BCUT2D eigenvalue weighted by Crippen LogP contribution is -2.51. The van der Waals surface area contributed by atoms with E-state index in [-0.39, 0.29) is 24.9 Å². The number of benzene rings is 1. The van der Waals surface area contributed by atoms with Gasteiger partial charge in [0.2, 0.25) is 0 Å². The SMILES string of the molecule is O=C(NCc1ccncc1)C(=O)NC[C@H](c1ccco1)N1CCN(c2ccccc2F)CC1. The summed E-state index contributed by atoms with van der Waals surface area (Å²) in [6, 6.07) is 13.7. The Morgan fingerprint density at radius 1 is 0.970 bits per heavy atom. The van der Waals surface area contributed by atoms with Gasteiger partial charge < -0.3 is 20.0 Å². The molecule has 1 fully saturated rings. The summed E-state index contributed by atoms with van der Waals surface area (Å²) in [4.78, 5) is 32.7. The van der Waals surface area contributed by atoms with E-state index >= 15 is 0 Å². The van der Waals surface area contributed by atoms with Gasteiger partial charge in [0.1, 0.15) is 11.6 Å². The quantitative estimate of drug-likeness (QED) is 0.535. The molecule has 0 radical (unpaired) electrons. The zero-order chi connectivity index (χ0) is 23.0. The molecule has 2 amide bonds. The zero-order valence-electron chi connectivity index (χ0n) is 18.1. The Kier molecular flexibility index (Phi) is 7.31. The first-order valence-corrected chi connectivity index (χ1v) is 10.8. The molecule has 3 aromatic rings. The van der Waals surface area contributed by atoms with Crippen LogP contribution >= 0.6 is 0 Å². The minimum atomic E-state index is -0.703. The Morgan fingerprint density at radius 2 is 1.70 bits per heavy atom. The molecule has 8 nitrogen and oxygen atoms in total. The van der Waals surface area contributed by atoms with Crippen molar-refractivity contribution in [3.63, 3.8) is 0 Å². The molecule has 0 aliphatic carbocycles. The number of halogens is 1. The van der Waals surface area contributed by atoms with Crippen molar-refractivity contribution in [1.82, 2.24) is 20.5 Å². The summed E-state index contributed by atoms with van der Waals surface area (Å²) in [5.74, 6) is -0.939. The van der Waals surface area contributed by atoms with Crippen molar-refractivity contribution in [1.29, 1.82) is 0 Å². The summed E-state index contributed by atoms with van der Waals surface area (Å²) in [6.45, 7) is 3.05. The molecular weight excluding hydrogens is 425 g/mol. The minimum absolute atomic E-state index is 0.217. The normalized spacial score (nSPS) is 15.1. The Balaban J connectivity index is 1.33. The second-order valence-corrected chi connectivity index (χ2v) is 7.75. The maximum absolute atomic E-state index is 14.2. The summed E-state index contributed by atoms with van der Waals surface area (Å²) in [5.41, 5.74) is 1.44. The second kappa shape index (κ2) is 10.7. The van der Waals surface area contributed by atoms with E-state index in [1.54, 1.807) is 49.0 Å². The number of hydrogen-bond donors (Lipinski definition) is 2. The Bertz CT molecular complexity index is 1050. The van der Waals surface area contributed by atoms with Gasteiger partial charge >= 0.3 is 11.8 Å². The molecule has 2 N–H and O–H groups in total. The smallest absolute Gasteiger partial charge is 0.309 e. The van der Waals surface area contributed by atoms with Gasteiger partial charge in [0.25, 0.3) is 0 Å². The fraction of sp³-hybridized carbons (Fsp3) is 0.292. The molecule has 1 atom stereocenters. The zero-order valence-corrected chi connectivity index (χ0v) is 18.1. The molecule has 33 heavy (non-hydrogen) atoms. The van der Waals surface area contributed by atoms with Crippen LogP contribution in [0.5, 0.6) is 0 Å². The molecular formula is C24H26FN5O3. The molecule has 0 spiro atoms. The van der Waals surface area contributed by atoms with E-state index in [9.17, 15) is 14.0 Å². The second-order valence-electron chi connectivity index (χ2n) is 7.75. The number of carbonyl (C=O) groups is 2. The first kappa shape index (κ1) is 22.5. The number of hydrogen-bond acceptors (Lipinski definition) is 6. The Labute approximate surface area is 191 Å². The van der Waals surface area contributed by atoms with Crippen LogP contribution in [0, 0.1) is 5.82 Å². The topological polar surface area (TPSA) is 90.7 Å². The van der Waals surface area contributed by atoms with Crippen molar-refractivity contribution in [3.05, 3.63) is 84.3 Å². The van der Waals surface area contributed by atoms with Crippen molar-refractivity contribution in [2.75, 3.05) is 37.6 Å². The van der Waals surface area contributed by atoms with Crippen molar-refractivity contribution < 1.29 is 18.4 Å². The number of nitrogens with one attached hydrogen (secondary N) is 2. The van der Waals surface area contributed by atoms with Gasteiger partial charge in [0.05, 0.1) is 18.0 Å². The molecule has 1 aromatic carbocycles. The van der Waals surface area contributed by atoms with Gasteiger partial charge in [-0.05, 0) is 42.0 Å². The van der Waals surface area contributed by atoms with Crippen LogP contribution in [0.3, 0.4) is 0 Å². The molecule has 2 aromatic heterocycles. The van der Waals surface area contributed by atoms with E-state index in [0.29, 0.717) is 37.6 Å². The van der Waals surface area contributed by atoms with Gasteiger partial charge in [-0.1, -0.05) is 12.1 Å². The molecule has 1 aliphatic rings. The van der Waals surface area contributed by atoms with Crippen molar-refractivity contribution in [2.24, 2.45) is 0 Å². The highest BCUT2D eigenvalue weighted by Crippen LogP contribution is 2.25. The number of para-hydroxylation sites is 1. The fourth-order valence-corrected chi connectivity index (χ4v) is 3.91. The number of furan rings is 1. The number of amides is 2. The fourth-order valence-electron chi connectivity index (χ4n) is 3.91.